The van der Waals surface area contributed by atoms with Gasteiger partial charge in [-0.25, -0.2) is 0 Å². The first-order valence-corrected chi connectivity index (χ1v) is 9.37. The minimum Gasteiger partial charge on any atom is -0.351 e. The van der Waals surface area contributed by atoms with Gasteiger partial charge in [0.15, 0.2) is 5.11 Å². The van der Waals surface area contributed by atoms with Crippen molar-refractivity contribution in [2.75, 3.05) is 0 Å². The Morgan fingerprint density at radius 3 is 1.78 bits per heavy atom. The summed E-state index contributed by atoms with van der Waals surface area (Å²) in [5.74, 6) is -0.0868. The van der Waals surface area contributed by atoms with Crippen LogP contribution in [0.1, 0.15) is 29.2 Å². The van der Waals surface area contributed by atoms with Crippen LogP contribution in [0.25, 0.3) is 0 Å². The number of carbonyl (C=O) groups excluding carboxylic acids is 1. The summed E-state index contributed by atoms with van der Waals surface area (Å²) in [6, 6.07) is 30.0. The molecule has 27 heavy (non-hydrogen) atoms. The van der Waals surface area contributed by atoms with E-state index in [0.717, 1.165) is 16.7 Å². The van der Waals surface area contributed by atoms with Crippen LogP contribution >= 0.6 is 12.2 Å². The third kappa shape index (κ3) is 5.76. The van der Waals surface area contributed by atoms with Gasteiger partial charge in [0.25, 0.3) is 0 Å². The quantitative estimate of drug-likeness (QED) is 0.629. The second-order valence-corrected chi connectivity index (χ2v) is 6.67. The number of amides is 1. The van der Waals surface area contributed by atoms with E-state index in [1.54, 1.807) is 0 Å². The van der Waals surface area contributed by atoms with Crippen LogP contribution in [0.2, 0.25) is 0 Å². The molecule has 3 nitrogen and oxygen atoms in total. The zero-order valence-corrected chi connectivity index (χ0v) is 15.8. The molecule has 0 radical (unpaired) electrons. The molecule has 0 aromatic heterocycles. The van der Waals surface area contributed by atoms with Crippen LogP contribution in [-0.4, -0.2) is 11.0 Å². The van der Waals surface area contributed by atoms with Gasteiger partial charge >= 0.3 is 0 Å². The number of rotatable bonds is 6. The van der Waals surface area contributed by atoms with Crippen LogP contribution in [-0.2, 0) is 11.2 Å². The molecule has 0 unspecified atom stereocenters. The number of thiocarbonyl (C=S) groups is 1. The molecule has 0 atom stereocenters. The zero-order valence-electron chi connectivity index (χ0n) is 15.0. The maximum absolute atomic E-state index is 12.2. The maximum atomic E-state index is 12.2. The molecule has 136 valence electrons. The van der Waals surface area contributed by atoms with Gasteiger partial charge in [-0.05, 0) is 35.3 Å². The fourth-order valence-corrected chi connectivity index (χ4v) is 3.14. The smallest absolute Gasteiger partial charge is 0.226 e. The minimum absolute atomic E-state index is 0.0868. The molecule has 0 aliphatic carbocycles. The van der Waals surface area contributed by atoms with Crippen molar-refractivity contribution in [1.82, 2.24) is 10.6 Å². The van der Waals surface area contributed by atoms with Gasteiger partial charge in [0, 0.05) is 6.42 Å². The van der Waals surface area contributed by atoms with Crippen LogP contribution in [0.15, 0.2) is 91.0 Å². The lowest BCUT2D eigenvalue weighted by Gasteiger charge is -2.21. The molecule has 0 saturated heterocycles. The fraction of sp³-hybridized carbons (Fsp3) is 0.130. The van der Waals surface area contributed by atoms with E-state index in [0.29, 0.717) is 18.0 Å². The summed E-state index contributed by atoms with van der Waals surface area (Å²) in [5, 5.41) is 6.42. The van der Waals surface area contributed by atoms with Gasteiger partial charge < -0.3 is 10.6 Å². The van der Waals surface area contributed by atoms with Crippen molar-refractivity contribution >= 4 is 23.2 Å². The highest BCUT2D eigenvalue weighted by atomic mass is 32.1. The van der Waals surface area contributed by atoms with Gasteiger partial charge in [-0.1, -0.05) is 91.0 Å². The Balaban J connectivity index is 1.62. The third-order valence-corrected chi connectivity index (χ3v) is 4.50. The van der Waals surface area contributed by atoms with Crippen molar-refractivity contribution in [3.05, 3.63) is 108 Å². The summed E-state index contributed by atoms with van der Waals surface area (Å²) in [4.78, 5) is 12.2. The summed E-state index contributed by atoms with van der Waals surface area (Å²) in [7, 11) is 0. The molecule has 0 fully saturated rings. The summed E-state index contributed by atoms with van der Waals surface area (Å²) >= 11 is 5.39. The second kappa shape index (κ2) is 9.64. The van der Waals surface area contributed by atoms with Crippen LogP contribution < -0.4 is 10.6 Å². The molecule has 0 aliphatic rings. The van der Waals surface area contributed by atoms with Gasteiger partial charge in [0.2, 0.25) is 5.91 Å². The van der Waals surface area contributed by atoms with Crippen LogP contribution in [0.4, 0.5) is 0 Å². The average Bonchev–Trinajstić information content (AvgIpc) is 2.72. The molecule has 1 amide bonds. The fourth-order valence-electron chi connectivity index (χ4n) is 2.91. The van der Waals surface area contributed by atoms with Crippen LogP contribution in [0.3, 0.4) is 0 Å². The molecule has 0 heterocycles. The van der Waals surface area contributed by atoms with E-state index >= 15 is 0 Å². The van der Waals surface area contributed by atoms with Gasteiger partial charge in [-0.2, -0.15) is 0 Å². The number of hydrogen-bond donors (Lipinski definition) is 2. The van der Waals surface area contributed by atoms with E-state index in [9.17, 15) is 4.79 Å². The number of nitrogens with one attached hydrogen (secondary N) is 2. The Morgan fingerprint density at radius 2 is 1.26 bits per heavy atom. The van der Waals surface area contributed by atoms with Crippen molar-refractivity contribution in [3.63, 3.8) is 0 Å². The molecule has 0 spiro atoms. The molecule has 3 rings (SSSR count). The number of benzene rings is 3. The lowest BCUT2D eigenvalue weighted by Crippen LogP contribution is -2.41. The van der Waals surface area contributed by atoms with Crippen molar-refractivity contribution in [2.45, 2.75) is 18.9 Å². The van der Waals surface area contributed by atoms with Gasteiger partial charge in [0.05, 0.1) is 6.04 Å². The van der Waals surface area contributed by atoms with Crippen molar-refractivity contribution in [2.24, 2.45) is 0 Å². The van der Waals surface area contributed by atoms with Gasteiger partial charge in [-0.15, -0.1) is 0 Å². The first kappa shape index (κ1) is 18.8. The van der Waals surface area contributed by atoms with E-state index < -0.39 is 0 Å². The summed E-state index contributed by atoms with van der Waals surface area (Å²) in [6.07, 6.45) is 1.09. The van der Waals surface area contributed by atoms with E-state index in [4.69, 9.17) is 12.2 Å². The van der Waals surface area contributed by atoms with E-state index in [-0.39, 0.29) is 11.9 Å². The Labute approximate surface area is 165 Å². The number of carbonyl (C=O) groups is 1. The maximum Gasteiger partial charge on any atom is 0.226 e. The molecular weight excluding hydrogens is 352 g/mol. The topological polar surface area (TPSA) is 41.1 Å². The Hall–Kier alpha value is -2.98. The Bertz CT molecular complexity index is 827. The van der Waals surface area contributed by atoms with Crippen molar-refractivity contribution in [3.8, 4) is 0 Å². The van der Waals surface area contributed by atoms with Gasteiger partial charge in [-0.3, -0.25) is 4.79 Å². The molecule has 0 saturated carbocycles. The highest BCUT2D eigenvalue weighted by Crippen LogP contribution is 2.21. The number of aryl methyl sites for hydroxylation is 1. The summed E-state index contributed by atoms with van der Waals surface area (Å²) in [5.41, 5.74) is 3.31. The predicted octanol–water partition coefficient (Wildman–Crippen LogP) is 4.40. The van der Waals surface area contributed by atoms with Crippen LogP contribution in [0.5, 0.6) is 0 Å². The molecular formula is C23H22N2OS. The summed E-state index contributed by atoms with van der Waals surface area (Å²) in [6.45, 7) is 0. The second-order valence-electron chi connectivity index (χ2n) is 6.26. The number of hydrogen-bond acceptors (Lipinski definition) is 2. The largest absolute Gasteiger partial charge is 0.351 e. The zero-order chi connectivity index (χ0) is 18.9. The van der Waals surface area contributed by atoms with E-state index in [1.807, 2.05) is 91.0 Å². The molecule has 3 aromatic rings. The standard InChI is InChI=1S/C23H22N2OS/c26-21(17-16-18-10-4-1-5-11-18)24-23(27)25-22(19-12-6-2-7-13-19)20-14-8-3-9-15-20/h1-15,22H,16-17H2,(H2,24,25,26,27). The molecule has 0 aliphatic heterocycles. The predicted molar refractivity (Wildman–Crippen MR) is 113 cm³/mol. The van der Waals surface area contributed by atoms with Crippen molar-refractivity contribution in [1.29, 1.82) is 0 Å². The Kier molecular flexibility index (Phi) is 6.72. The third-order valence-electron chi connectivity index (χ3n) is 4.28. The van der Waals surface area contributed by atoms with E-state index in [2.05, 4.69) is 10.6 Å². The van der Waals surface area contributed by atoms with Crippen LogP contribution in [0, 0.1) is 0 Å². The highest BCUT2D eigenvalue weighted by Gasteiger charge is 2.15. The normalized spacial score (nSPS) is 10.4. The molecule has 4 heteroatoms. The molecule has 3 aromatic carbocycles. The molecule has 2 N–H and O–H groups in total. The summed E-state index contributed by atoms with van der Waals surface area (Å²) < 4.78 is 0. The van der Waals surface area contributed by atoms with E-state index in [1.165, 1.54) is 0 Å². The SMILES string of the molecule is O=C(CCc1ccccc1)NC(=S)NC(c1ccccc1)c1ccccc1. The highest BCUT2D eigenvalue weighted by molar-refractivity contribution is 7.80. The van der Waals surface area contributed by atoms with Crippen molar-refractivity contribution < 1.29 is 4.79 Å². The average molecular weight is 375 g/mol. The lowest BCUT2D eigenvalue weighted by atomic mass is 9.99. The minimum atomic E-state index is -0.116. The first-order chi connectivity index (χ1) is 13.2. The van der Waals surface area contributed by atoms with Gasteiger partial charge in [0.1, 0.15) is 0 Å². The Morgan fingerprint density at radius 1 is 0.778 bits per heavy atom. The first-order valence-electron chi connectivity index (χ1n) is 8.96. The lowest BCUT2D eigenvalue weighted by molar-refractivity contribution is -0.119. The molecule has 0 bridgehead atoms. The monoisotopic (exact) mass is 374 g/mol.